The van der Waals surface area contributed by atoms with E-state index in [9.17, 15) is 24.0 Å². The standard InChI is InChI=1S/2C20H29NO3.3C19H27NO3/c2*1-5-13(2)8-15-12-21-7-6-14-9-19(23-3)20(24-4)10-16(14)17(21)11-18(15)22;3*1-12(2)7-14-11-20-6-5-13-8-18(22-3)19(23-4)9-15(13)16(20)10-17(14)21/h2*9-10,13,15,17H,5-8,11-12H2,1-4H3;3*8-9,12,14,16H,5-7,10-11H2,1-4H3/i2D3,3D3,4D3,5D2,8D2,9D,10D,11D2,12D2,13D,15D;2D3,3D3,4D3,5D2,8D2,9D,10D,12D2,13D;3D3,4D3,8D,9D,10D2,11D2,14D;3D3,4D3,5D2,6D2,8D,9D,16D;3D3,4D3,8D,9D,11D2. The van der Waals surface area contributed by atoms with E-state index in [1.54, 1.807) is 13.8 Å². The highest BCUT2D eigenvalue weighted by Crippen LogP contribution is 2.49. The molecule has 0 saturated carbocycles. The van der Waals surface area contributed by atoms with Gasteiger partial charge in [0.15, 0.2) is 57.5 Å². The van der Waals surface area contributed by atoms with Gasteiger partial charge in [-0.1, -0.05) is 81.8 Å². The van der Waals surface area contributed by atoms with Crippen molar-refractivity contribution < 1.29 is 174 Å². The van der Waals surface area contributed by atoms with Crippen LogP contribution in [0.25, 0.3) is 0 Å². The van der Waals surface area contributed by atoms with Crippen molar-refractivity contribution in [3.05, 3.63) is 116 Å². The van der Waals surface area contributed by atoms with Gasteiger partial charge >= 0.3 is 0 Å². The lowest BCUT2D eigenvalue weighted by Gasteiger charge is -2.43. The average molecular weight is 1690 g/mol. The Morgan fingerprint density at radius 3 is 1.13 bits per heavy atom. The van der Waals surface area contributed by atoms with Crippen LogP contribution in [0.1, 0.15) is 334 Å². The molecular weight excluding hydrogens is 1480 g/mol. The van der Waals surface area contributed by atoms with Gasteiger partial charge in [0.25, 0.3) is 0 Å². The van der Waals surface area contributed by atoms with Gasteiger partial charge in [-0.05, 0) is 210 Å². The first-order valence-corrected chi connectivity index (χ1v) is 36.9. The summed E-state index contributed by atoms with van der Waals surface area (Å²) in [7, 11) is -32.1. The smallest absolute Gasteiger partial charge is 0.161 e. The Kier molecular flexibility index (Phi) is 11.9. The highest BCUT2D eigenvalue weighted by atomic mass is 16.5. The number of carbonyl (C=O) groups is 5. The number of hydrogen-bond acceptors (Lipinski definition) is 20. The summed E-state index contributed by atoms with van der Waals surface area (Å²) >= 11 is 0. The second-order valence-electron chi connectivity index (χ2n) is 29.1. The van der Waals surface area contributed by atoms with Crippen molar-refractivity contribution in [3.8, 4) is 57.5 Å². The highest BCUT2D eigenvalue weighted by Gasteiger charge is 2.45. The molecule has 5 aromatic rings. The molecule has 0 radical (unpaired) electrons. The molecule has 5 saturated heterocycles. The zero-order valence-electron chi connectivity index (χ0n) is 140. The molecule has 0 N–H and O–H groups in total. The fourth-order valence-corrected chi connectivity index (χ4v) is 14.6. The van der Waals surface area contributed by atoms with Gasteiger partial charge in [0, 0.05) is 204 Å². The number of carbonyl (C=O) groups excluding carboxylic acids is 5. The molecule has 12 unspecified atom stereocenters. The monoisotopic (exact) mass is 1690 g/mol. The molecule has 0 aromatic heterocycles. The summed E-state index contributed by atoms with van der Waals surface area (Å²) in [5, 5.41) is 0. The molecule has 5 fully saturated rings. The van der Waals surface area contributed by atoms with Crippen LogP contribution in [0.4, 0.5) is 0 Å². The fourth-order valence-electron chi connectivity index (χ4n) is 14.6. The third-order valence-electron chi connectivity index (χ3n) is 20.1. The lowest BCUT2D eigenvalue weighted by molar-refractivity contribution is -0.130. The number of hydrogen-bond donors (Lipinski definition) is 0. The maximum atomic E-state index is 14.0. The van der Waals surface area contributed by atoms with Crippen molar-refractivity contribution >= 4 is 28.9 Å². The van der Waals surface area contributed by atoms with Crippen LogP contribution < -0.4 is 47.4 Å². The van der Waals surface area contributed by atoms with E-state index in [0.29, 0.717) is 31.6 Å². The van der Waals surface area contributed by atoms with E-state index >= 15 is 0 Å². The number of Topliss-reactive ketones (excluding diaryl/α,β-unsaturated/α-hetero) is 5. The molecule has 10 aliphatic rings. The van der Waals surface area contributed by atoms with Gasteiger partial charge < -0.3 is 47.4 Å². The average Bonchev–Trinajstić information content (AvgIpc) is 0.656. The van der Waals surface area contributed by atoms with Crippen LogP contribution in [0.3, 0.4) is 0 Å². The summed E-state index contributed by atoms with van der Waals surface area (Å²) in [4.78, 5) is 71.6. The van der Waals surface area contributed by atoms with Crippen LogP contribution >= 0.6 is 0 Å². The van der Waals surface area contributed by atoms with Gasteiger partial charge in [-0.25, -0.2) is 0 Å². The molecule has 20 nitrogen and oxygen atoms in total. The van der Waals surface area contributed by atoms with E-state index in [2.05, 4.69) is 0 Å². The van der Waals surface area contributed by atoms with E-state index < -0.39 is 416 Å². The zero-order chi connectivity index (χ0) is 149. The maximum absolute atomic E-state index is 14.0. The van der Waals surface area contributed by atoms with Crippen LogP contribution in [0.5, 0.6) is 57.5 Å². The van der Waals surface area contributed by atoms with Gasteiger partial charge in [-0.3, -0.25) is 48.5 Å². The van der Waals surface area contributed by atoms with Gasteiger partial charge in [0.2, 0.25) is 0 Å². The predicted molar refractivity (Wildman–Crippen MR) is 460 cm³/mol. The number of ketones is 5. The molecule has 0 amide bonds. The second-order valence-corrected chi connectivity index (χ2v) is 29.1. The minimum absolute atomic E-state index is 0.0438. The number of benzene rings is 5. The SMILES string of the molecule is [2H]c1c(OC([2H])([2H])[2H])c(OC([2H])([2H])[2H])c([2H])c2c1C1([2H])CC(=O)C(CC(C)C)CN1C([2H])([2H])C2([2H])[2H].[2H]c1c2c(c([2H])c(OC([2H])([2H])[2H])c1OC([2H])([2H])[2H])C1CC(=O)C(C([2H])([2H])C([2H])(C([2H])([2H])[2H])C([2H])([2H])C)C([2H])([2H])N1CC2.[2H]c1c2c(c([2H])c(OC([2H])([2H])[2H])c1OC([2H])([2H])[2H])C1CC(=O)C(CC(C)C)C([2H])([2H])N1CC2.[2H]c1c2c(c([2H])c(OC([2H])([2H])[2H])c1OC([2H])([2H])[2H])C1N(CC2)C([2H])([2H])C([2H])(C([2H])([2H])C([2H])(C([2H])([2H])[2H])C([2H])([2H])C)C(=O)C1([2H])[2H].[2H]c1c2c(c([2H])c(OC([2H])([2H])[2H])c1OC([2H])([2H])[2H])C1N(CC2)C([2H])([2H])C([2H])(CC(C)C)C(=O)C1([2H])[2H]. The Morgan fingerprint density at radius 2 is 0.726 bits per heavy atom. The normalized spacial score (nSPS) is 41.6. The third kappa shape index (κ3) is 21.0. The van der Waals surface area contributed by atoms with Crippen LogP contribution in [0, 0.1) is 59.1 Å². The summed E-state index contributed by atoms with van der Waals surface area (Å²) in [5.41, 5.74) is -3.10. The molecule has 0 spiro atoms. The van der Waals surface area contributed by atoms with Gasteiger partial charge in [-0.2, -0.15) is 0 Å². The molecule has 117 heavy (non-hydrogen) atoms. The number of rotatable bonds is 22. The van der Waals surface area contributed by atoms with Crippen LogP contribution in [0.15, 0.2) is 60.4 Å². The molecule has 15 rings (SSSR count). The Balaban J connectivity index is 0.000000222. The van der Waals surface area contributed by atoms with Crippen molar-refractivity contribution in [1.82, 2.24) is 24.5 Å². The molecule has 20 heteroatoms. The summed E-state index contributed by atoms with van der Waals surface area (Å²) in [6, 6.07) is -16.9. The van der Waals surface area contributed by atoms with Crippen molar-refractivity contribution in [1.29, 1.82) is 0 Å². The van der Waals surface area contributed by atoms with E-state index in [4.69, 9.17) is 150 Å². The van der Waals surface area contributed by atoms with E-state index in [1.165, 1.54) is 4.90 Å². The van der Waals surface area contributed by atoms with Gasteiger partial charge in [0.05, 0.1) is 127 Å². The van der Waals surface area contributed by atoms with Crippen LogP contribution in [-0.2, 0) is 56.0 Å². The maximum Gasteiger partial charge on any atom is 0.161 e. The number of nitrogens with zero attached hydrogens (tertiary/aromatic N) is 5. The minimum Gasteiger partial charge on any atom is -0.493 e. The van der Waals surface area contributed by atoms with Crippen molar-refractivity contribution in [3.63, 3.8) is 0 Å². The fraction of sp³-hybridized carbons (Fsp3) is 0.639. The Labute approximate surface area is 804 Å². The van der Waals surface area contributed by atoms with Crippen molar-refractivity contribution in [2.75, 3.05) is 136 Å². The van der Waals surface area contributed by atoms with Crippen LogP contribution in [-0.4, -0.2) is 189 Å². The Hall–Kier alpha value is -7.75. The highest BCUT2D eigenvalue weighted by molar-refractivity contribution is 5.86. The van der Waals surface area contributed by atoms with Crippen LogP contribution in [0.2, 0.25) is 0 Å². The first kappa shape index (κ1) is 33.9. The first-order chi connectivity index (χ1) is 85.2. The topological polar surface area (TPSA) is 194 Å². The largest absolute Gasteiger partial charge is 0.493 e. The lowest BCUT2D eigenvalue weighted by Crippen LogP contribution is -2.46. The molecule has 12 atom stereocenters. The molecule has 10 aliphatic heterocycles. The molecule has 5 aromatic carbocycles. The molecule has 0 aliphatic carbocycles. The minimum atomic E-state index is -4.29. The molecular formula is C97H139N5O15. The number of piperidine rings is 5. The zero-order valence-corrected chi connectivity index (χ0v) is 64.7. The van der Waals surface area contributed by atoms with E-state index in [0.717, 1.165) is 14.7 Å². The molecule has 642 valence electrons. The summed E-state index contributed by atoms with van der Waals surface area (Å²) in [6.45, 7) is -11.6. The lowest BCUT2D eigenvalue weighted by atomic mass is 9.79. The van der Waals surface area contributed by atoms with Gasteiger partial charge in [-0.15, -0.1) is 0 Å². The number of fused-ring (bicyclic) bond motifs is 15. The number of methoxy groups -OCH3 is 10. The predicted octanol–water partition coefficient (Wildman–Crippen LogP) is 17.0. The van der Waals surface area contributed by atoms with E-state index in [-0.39, 0.29) is 121 Å². The quantitative estimate of drug-likeness (QED) is 0.0634. The first-order valence-electron chi connectivity index (χ1n) is 74.4. The number of ether oxygens (including phenoxy) is 10. The Bertz CT molecular complexity index is 7720. The molecule has 0 bridgehead atoms. The molecule has 10 heterocycles. The van der Waals surface area contributed by atoms with Gasteiger partial charge in [0.1, 0.15) is 28.9 Å². The van der Waals surface area contributed by atoms with Crippen molar-refractivity contribution in [2.45, 2.75) is 208 Å². The summed E-state index contributed by atoms with van der Waals surface area (Å²) < 4.78 is 653. The second kappa shape index (κ2) is 41.0. The third-order valence-corrected chi connectivity index (χ3v) is 20.1. The Morgan fingerprint density at radius 1 is 0.393 bits per heavy atom. The summed E-state index contributed by atoms with van der Waals surface area (Å²) in [6.07, 6.45) is -26.1. The van der Waals surface area contributed by atoms with E-state index in [1.807, 2.05) is 27.7 Å². The van der Waals surface area contributed by atoms with Crippen molar-refractivity contribution in [2.24, 2.45) is 59.1 Å². The summed E-state index contributed by atoms with van der Waals surface area (Å²) in [5.74, 6) is -33.5.